The van der Waals surface area contributed by atoms with Crippen molar-refractivity contribution in [2.45, 2.75) is 5.75 Å². The molecule has 3 heteroatoms. The minimum Gasteiger partial charge on any atom is -0.314 e. The van der Waals surface area contributed by atoms with E-state index < -0.39 is 0 Å². The predicted molar refractivity (Wildman–Crippen MR) is 62.2 cm³/mol. The summed E-state index contributed by atoms with van der Waals surface area (Å²) in [6, 6.07) is 10.4. The largest absolute Gasteiger partial charge is 0.314 e. The zero-order valence-corrected chi connectivity index (χ0v) is 9.59. The number of hydrogen-bond donors (Lipinski definition) is 0. The lowest BCUT2D eigenvalue weighted by Crippen LogP contribution is -2.16. The Bertz CT molecular complexity index is 238. The Morgan fingerprint density at radius 2 is 1.93 bits per heavy atom. The molecule has 14 heavy (non-hydrogen) atoms. The molecule has 0 amide bonds. The highest BCUT2D eigenvalue weighted by Gasteiger charge is 1.94. The van der Waals surface area contributed by atoms with Gasteiger partial charge in [-0.2, -0.15) is 0 Å². The summed E-state index contributed by atoms with van der Waals surface area (Å²) in [5, 5.41) is 0. The lowest BCUT2D eigenvalue weighted by atomic mass is 10.2. The van der Waals surface area contributed by atoms with E-state index in [0.29, 0.717) is 0 Å². The smallest absolute Gasteiger partial charge is 0.0740 e. The molecule has 0 heterocycles. The summed E-state index contributed by atoms with van der Waals surface area (Å²) < 4.78 is 5.42. The fourth-order valence-electron chi connectivity index (χ4n) is 0.963. The molecule has 1 aromatic carbocycles. The van der Waals surface area contributed by atoms with Crippen LogP contribution in [0.2, 0.25) is 0 Å². The molecular formula is C11H17NOS. The van der Waals surface area contributed by atoms with E-state index in [4.69, 9.17) is 4.18 Å². The molecule has 0 aromatic heterocycles. The topological polar surface area (TPSA) is 12.5 Å². The Kier molecular flexibility index (Phi) is 5.68. The Labute approximate surface area is 90.5 Å². The van der Waals surface area contributed by atoms with Gasteiger partial charge in [0.2, 0.25) is 0 Å². The van der Waals surface area contributed by atoms with Gasteiger partial charge in [-0.1, -0.05) is 30.3 Å². The van der Waals surface area contributed by atoms with Crippen LogP contribution in [0.4, 0.5) is 0 Å². The van der Waals surface area contributed by atoms with Gasteiger partial charge in [0.05, 0.1) is 6.61 Å². The van der Waals surface area contributed by atoms with Crippen molar-refractivity contribution >= 4 is 12.0 Å². The summed E-state index contributed by atoms with van der Waals surface area (Å²) in [4.78, 5) is 2.11. The summed E-state index contributed by atoms with van der Waals surface area (Å²) in [5.41, 5.74) is 1.31. The van der Waals surface area contributed by atoms with Crippen molar-refractivity contribution in [3.63, 3.8) is 0 Å². The molecule has 0 aliphatic heterocycles. The van der Waals surface area contributed by atoms with Crippen molar-refractivity contribution in [1.82, 2.24) is 4.90 Å². The van der Waals surface area contributed by atoms with E-state index in [1.165, 1.54) is 17.6 Å². The third kappa shape index (κ3) is 5.27. The SMILES string of the molecule is CN(C)CCOSCc1ccccc1. The standard InChI is InChI=1S/C11H17NOS/c1-12(2)8-9-13-14-10-11-6-4-3-5-7-11/h3-7H,8-10H2,1-2H3. The minimum atomic E-state index is 0.782. The summed E-state index contributed by atoms with van der Waals surface area (Å²) in [5.74, 6) is 0.925. The van der Waals surface area contributed by atoms with Crippen molar-refractivity contribution in [3.05, 3.63) is 35.9 Å². The van der Waals surface area contributed by atoms with E-state index in [9.17, 15) is 0 Å². The molecule has 0 N–H and O–H groups in total. The molecule has 0 atom stereocenters. The number of likely N-dealkylation sites (N-methyl/N-ethyl adjacent to an activating group) is 1. The quantitative estimate of drug-likeness (QED) is 0.529. The van der Waals surface area contributed by atoms with Crippen molar-refractivity contribution in [2.24, 2.45) is 0 Å². The predicted octanol–water partition coefficient (Wildman–Crippen LogP) is 2.41. The highest BCUT2D eigenvalue weighted by atomic mass is 32.2. The molecule has 0 spiro atoms. The van der Waals surface area contributed by atoms with Gasteiger partial charge < -0.3 is 9.08 Å². The molecular weight excluding hydrogens is 194 g/mol. The average Bonchev–Trinajstić information content (AvgIpc) is 2.18. The van der Waals surface area contributed by atoms with E-state index in [1.807, 2.05) is 20.2 Å². The van der Waals surface area contributed by atoms with E-state index in [1.54, 1.807) is 0 Å². The van der Waals surface area contributed by atoms with Crippen LogP contribution >= 0.6 is 12.0 Å². The lowest BCUT2D eigenvalue weighted by Gasteiger charge is -2.08. The number of hydrogen-bond acceptors (Lipinski definition) is 3. The first-order valence-corrected chi connectivity index (χ1v) is 5.63. The van der Waals surface area contributed by atoms with Crippen molar-refractivity contribution in [2.75, 3.05) is 27.2 Å². The second-order valence-corrected chi connectivity index (χ2v) is 4.13. The van der Waals surface area contributed by atoms with Crippen LogP contribution in [0.25, 0.3) is 0 Å². The lowest BCUT2D eigenvalue weighted by molar-refractivity contribution is 0.293. The van der Waals surface area contributed by atoms with Gasteiger partial charge in [0.1, 0.15) is 0 Å². The molecule has 0 saturated heterocycles. The van der Waals surface area contributed by atoms with Gasteiger partial charge in [0.15, 0.2) is 0 Å². The molecule has 1 rings (SSSR count). The van der Waals surface area contributed by atoms with Crippen LogP contribution in [0.1, 0.15) is 5.56 Å². The van der Waals surface area contributed by atoms with Gasteiger partial charge in [-0.25, -0.2) is 0 Å². The van der Waals surface area contributed by atoms with Gasteiger partial charge in [-0.05, 0) is 31.7 Å². The van der Waals surface area contributed by atoms with Gasteiger partial charge in [0, 0.05) is 12.3 Å². The molecule has 0 bridgehead atoms. The zero-order valence-electron chi connectivity index (χ0n) is 8.77. The molecule has 0 saturated carbocycles. The van der Waals surface area contributed by atoms with Crippen LogP contribution in [0.3, 0.4) is 0 Å². The first-order chi connectivity index (χ1) is 6.79. The molecule has 0 fully saturated rings. The highest BCUT2D eigenvalue weighted by molar-refractivity contribution is 7.93. The van der Waals surface area contributed by atoms with E-state index in [-0.39, 0.29) is 0 Å². The van der Waals surface area contributed by atoms with Crippen LogP contribution in [-0.2, 0) is 9.94 Å². The molecule has 1 aromatic rings. The van der Waals surface area contributed by atoms with Crippen LogP contribution in [0.15, 0.2) is 30.3 Å². The first kappa shape index (κ1) is 11.6. The van der Waals surface area contributed by atoms with Crippen molar-refractivity contribution < 1.29 is 4.18 Å². The van der Waals surface area contributed by atoms with Crippen LogP contribution in [0, 0.1) is 0 Å². The van der Waals surface area contributed by atoms with E-state index in [0.717, 1.165) is 18.9 Å². The van der Waals surface area contributed by atoms with E-state index >= 15 is 0 Å². The Hall–Kier alpha value is -0.510. The van der Waals surface area contributed by atoms with Crippen LogP contribution < -0.4 is 0 Å². The Morgan fingerprint density at radius 3 is 2.57 bits per heavy atom. The van der Waals surface area contributed by atoms with Crippen molar-refractivity contribution in [3.8, 4) is 0 Å². The van der Waals surface area contributed by atoms with Crippen LogP contribution in [-0.4, -0.2) is 32.1 Å². The first-order valence-electron chi connectivity index (χ1n) is 4.72. The minimum absolute atomic E-state index is 0.782. The fraction of sp³-hybridized carbons (Fsp3) is 0.455. The average molecular weight is 211 g/mol. The molecule has 78 valence electrons. The van der Waals surface area contributed by atoms with Gasteiger partial charge in [-0.15, -0.1) is 0 Å². The maximum Gasteiger partial charge on any atom is 0.0740 e. The normalized spacial score (nSPS) is 10.8. The highest BCUT2D eigenvalue weighted by Crippen LogP contribution is 2.12. The summed E-state index contributed by atoms with van der Waals surface area (Å²) in [6.45, 7) is 1.76. The summed E-state index contributed by atoms with van der Waals surface area (Å²) in [7, 11) is 4.09. The number of rotatable bonds is 6. The van der Waals surface area contributed by atoms with Gasteiger partial charge >= 0.3 is 0 Å². The maximum atomic E-state index is 5.42. The molecule has 2 nitrogen and oxygen atoms in total. The van der Waals surface area contributed by atoms with E-state index in [2.05, 4.69) is 29.2 Å². The maximum absolute atomic E-state index is 5.42. The zero-order chi connectivity index (χ0) is 10.2. The molecule has 0 aliphatic carbocycles. The van der Waals surface area contributed by atoms with Gasteiger partial charge in [0.25, 0.3) is 0 Å². The Morgan fingerprint density at radius 1 is 1.21 bits per heavy atom. The number of nitrogens with zero attached hydrogens (tertiary/aromatic N) is 1. The summed E-state index contributed by atoms with van der Waals surface area (Å²) >= 11 is 1.52. The number of benzene rings is 1. The van der Waals surface area contributed by atoms with Crippen molar-refractivity contribution in [1.29, 1.82) is 0 Å². The van der Waals surface area contributed by atoms with Gasteiger partial charge in [-0.3, -0.25) is 0 Å². The summed E-state index contributed by atoms with van der Waals surface area (Å²) in [6.07, 6.45) is 0. The molecule has 0 unspecified atom stereocenters. The Balaban J connectivity index is 2.05. The van der Waals surface area contributed by atoms with Crippen LogP contribution in [0.5, 0.6) is 0 Å². The fourth-order valence-corrected chi connectivity index (χ4v) is 1.57. The monoisotopic (exact) mass is 211 g/mol. The third-order valence-electron chi connectivity index (χ3n) is 1.77. The second kappa shape index (κ2) is 6.87. The molecule has 0 aliphatic rings. The third-order valence-corrected chi connectivity index (χ3v) is 2.56. The molecule has 0 radical (unpaired) electrons. The second-order valence-electron chi connectivity index (χ2n) is 3.37.